The molecule has 1 aromatic carbocycles. The summed E-state index contributed by atoms with van der Waals surface area (Å²) in [7, 11) is 0. The molecule has 0 saturated carbocycles. The molecule has 3 rings (SSSR count). The summed E-state index contributed by atoms with van der Waals surface area (Å²) in [5.41, 5.74) is 4.17. The number of carbonyl (C=O) groups is 1. The van der Waals surface area contributed by atoms with Crippen LogP contribution in [-0.4, -0.2) is 20.9 Å². The zero-order valence-electron chi connectivity index (χ0n) is 12.4. The van der Waals surface area contributed by atoms with Crippen LogP contribution in [-0.2, 0) is 6.54 Å². The third kappa shape index (κ3) is 2.76. The Kier molecular flexibility index (Phi) is 3.50. The van der Waals surface area contributed by atoms with Gasteiger partial charge in [0.1, 0.15) is 0 Å². The fourth-order valence-electron chi connectivity index (χ4n) is 2.57. The normalized spacial score (nSPS) is 10.8. The molecule has 1 amide bonds. The molecule has 0 fully saturated rings. The zero-order valence-corrected chi connectivity index (χ0v) is 12.4. The molecule has 0 aliphatic rings. The topological polar surface area (TPSA) is 90.6 Å². The maximum absolute atomic E-state index is 12.3. The van der Waals surface area contributed by atoms with Crippen molar-refractivity contribution in [2.45, 2.75) is 20.4 Å². The molecular weight excluding hydrogens is 280 g/mol. The van der Waals surface area contributed by atoms with Gasteiger partial charge in [-0.1, -0.05) is 29.3 Å². The van der Waals surface area contributed by atoms with Gasteiger partial charge in [-0.05, 0) is 25.5 Å². The third-order valence-corrected chi connectivity index (χ3v) is 3.40. The van der Waals surface area contributed by atoms with Crippen LogP contribution < -0.4 is 11.0 Å². The number of pyridine rings is 1. The third-order valence-electron chi connectivity index (χ3n) is 3.40. The van der Waals surface area contributed by atoms with Crippen molar-refractivity contribution in [1.29, 1.82) is 0 Å². The molecule has 22 heavy (non-hydrogen) atoms. The number of imidazole rings is 1. The first kappa shape index (κ1) is 14.1. The van der Waals surface area contributed by atoms with E-state index in [1.54, 1.807) is 6.07 Å². The van der Waals surface area contributed by atoms with Gasteiger partial charge in [0.2, 0.25) is 0 Å². The van der Waals surface area contributed by atoms with Gasteiger partial charge in [0.05, 0.1) is 11.1 Å². The molecule has 6 nitrogen and oxygen atoms in total. The summed E-state index contributed by atoms with van der Waals surface area (Å²) in [4.78, 5) is 32.8. The maximum Gasteiger partial charge on any atom is 0.325 e. The number of hydrogen-bond donors (Lipinski definition) is 3. The lowest BCUT2D eigenvalue weighted by Crippen LogP contribution is -2.23. The predicted molar refractivity (Wildman–Crippen MR) is 83.8 cm³/mol. The molecule has 0 spiro atoms. The van der Waals surface area contributed by atoms with Gasteiger partial charge in [-0.2, -0.15) is 0 Å². The summed E-state index contributed by atoms with van der Waals surface area (Å²) in [5.74, 6) is -0.248. The van der Waals surface area contributed by atoms with Crippen molar-refractivity contribution in [3.05, 3.63) is 63.2 Å². The van der Waals surface area contributed by atoms with E-state index in [0.717, 1.165) is 16.7 Å². The SMILES string of the molecule is Cc1cc(C)cc(CNC(=O)c2ccnc3[nH]c(=O)[nH]c23)c1. The van der Waals surface area contributed by atoms with Gasteiger partial charge in [-0.3, -0.25) is 9.78 Å². The minimum atomic E-state index is -0.378. The molecule has 112 valence electrons. The van der Waals surface area contributed by atoms with E-state index < -0.39 is 0 Å². The Morgan fingerprint density at radius 2 is 1.91 bits per heavy atom. The number of rotatable bonds is 3. The number of aromatic nitrogens is 3. The van der Waals surface area contributed by atoms with E-state index in [2.05, 4.69) is 26.3 Å². The quantitative estimate of drug-likeness (QED) is 0.688. The lowest BCUT2D eigenvalue weighted by molar-refractivity contribution is 0.0952. The van der Waals surface area contributed by atoms with Gasteiger partial charge in [0.15, 0.2) is 5.65 Å². The monoisotopic (exact) mass is 296 g/mol. The number of hydrogen-bond acceptors (Lipinski definition) is 3. The highest BCUT2D eigenvalue weighted by molar-refractivity contribution is 6.03. The summed E-state index contributed by atoms with van der Waals surface area (Å²) in [5, 5.41) is 2.87. The second-order valence-electron chi connectivity index (χ2n) is 5.34. The fourth-order valence-corrected chi connectivity index (χ4v) is 2.57. The Morgan fingerprint density at radius 3 is 2.64 bits per heavy atom. The number of carbonyl (C=O) groups excluding carboxylic acids is 1. The van der Waals surface area contributed by atoms with Crippen LogP contribution in [0.3, 0.4) is 0 Å². The Bertz CT molecular complexity index is 888. The average Bonchev–Trinajstić information content (AvgIpc) is 2.83. The maximum atomic E-state index is 12.3. The first-order valence-electron chi connectivity index (χ1n) is 6.95. The summed E-state index contributed by atoms with van der Waals surface area (Å²) in [6, 6.07) is 7.74. The van der Waals surface area contributed by atoms with Crippen molar-refractivity contribution in [3.63, 3.8) is 0 Å². The number of amides is 1. The number of aryl methyl sites for hydroxylation is 2. The highest BCUT2D eigenvalue weighted by Crippen LogP contribution is 2.12. The van der Waals surface area contributed by atoms with Crippen LogP contribution in [0.5, 0.6) is 0 Å². The van der Waals surface area contributed by atoms with Crippen molar-refractivity contribution in [2.24, 2.45) is 0 Å². The molecule has 0 radical (unpaired) electrons. The lowest BCUT2D eigenvalue weighted by Gasteiger charge is -2.08. The second-order valence-corrected chi connectivity index (χ2v) is 5.34. The van der Waals surface area contributed by atoms with E-state index in [4.69, 9.17) is 0 Å². The fraction of sp³-hybridized carbons (Fsp3) is 0.188. The number of fused-ring (bicyclic) bond motifs is 1. The van der Waals surface area contributed by atoms with Crippen LogP contribution in [0, 0.1) is 13.8 Å². The molecule has 0 saturated heterocycles. The van der Waals surface area contributed by atoms with Crippen molar-refractivity contribution in [3.8, 4) is 0 Å². The van der Waals surface area contributed by atoms with E-state index >= 15 is 0 Å². The zero-order chi connectivity index (χ0) is 15.7. The number of H-pyrrole nitrogens is 2. The molecule has 6 heteroatoms. The molecule has 2 aromatic heterocycles. The molecule has 3 N–H and O–H groups in total. The number of nitrogens with zero attached hydrogens (tertiary/aromatic N) is 1. The van der Waals surface area contributed by atoms with Crippen LogP contribution in [0.25, 0.3) is 11.2 Å². The van der Waals surface area contributed by atoms with Crippen molar-refractivity contribution in [1.82, 2.24) is 20.3 Å². The Hall–Kier alpha value is -2.89. The van der Waals surface area contributed by atoms with Crippen LogP contribution in [0.4, 0.5) is 0 Å². The smallest absolute Gasteiger partial charge is 0.325 e. The summed E-state index contributed by atoms with van der Waals surface area (Å²) >= 11 is 0. The average molecular weight is 296 g/mol. The first-order chi connectivity index (χ1) is 10.5. The van der Waals surface area contributed by atoms with Gasteiger partial charge >= 0.3 is 5.69 Å². The molecule has 0 unspecified atom stereocenters. The summed E-state index contributed by atoms with van der Waals surface area (Å²) < 4.78 is 0. The molecule has 0 atom stereocenters. The van der Waals surface area contributed by atoms with E-state index in [0.29, 0.717) is 23.3 Å². The van der Waals surface area contributed by atoms with Crippen LogP contribution in [0.15, 0.2) is 35.3 Å². The molecule has 0 aliphatic carbocycles. The molecule has 0 bridgehead atoms. The highest BCUT2D eigenvalue weighted by Gasteiger charge is 2.12. The van der Waals surface area contributed by atoms with Gasteiger partial charge in [-0.15, -0.1) is 0 Å². The highest BCUT2D eigenvalue weighted by atomic mass is 16.2. The van der Waals surface area contributed by atoms with Crippen molar-refractivity contribution >= 4 is 17.1 Å². The number of benzene rings is 1. The van der Waals surface area contributed by atoms with Gasteiger partial charge in [-0.25, -0.2) is 9.78 Å². The molecule has 0 aliphatic heterocycles. The lowest BCUT2D eigenvalue weighted by atomic mass is 10.1. The van der Waals surface area contributed by atoms with E-state index in [1.807, 2.05) is 26.0 Å². The van der Waals surface area contributed by atoms with E-state index in [1.165, 1.54) is 6.20 Å². The van der Waals surface area contributed by atoms with Gasteiger partial charge < -0.3 is 10.3 Å². The van der Waals surface area contributed by atoms with Crippen molar-refractivity contribution in [2.75, 3.05) is 0 Å². The Labute approximate surface area is 126 Å². The Balaban J connectivity index is 1.83. The minimum absolute atomic E-state index is 0.248. The second kappa shape index (κ2) is 5.48. The first-order valence-corrected chi connectivity index (χ1v) is 6.95. The van der Waals surface area contributed by atoms with E-state index in [-0.39, 0.29) is 11.6 Å². The molecule has 3 aromatic rings. The van der Waals surface area contributed by atoms with Gasteiger partial charge in [0, 0.05) is 12.7 Å². The number of nitrogens with one attached hydrogen (secondary N) is 3. The molecular formula is C16H16N4O2. The largest absolute Gasteiger partial charge is 0.348 e. The summed E-state index contributed by atoms with van der Waals surface area (Å²) in [6.07, 6.45) is 1.50. The van der Waals surface area contributed by atoms with Crippen LogP contribution in [0.1, 0.15) is 27.0 Å². The number of aromatic amines is 2. The Morgan fingerprint density at radius 1 is 1.18 bits per heavy atom. The van der Waals surface area contributed by atoms with Crippen LogP contribution >= 0.6 is 0 Å². The molecule has 2 heterocycles. The van der Waals surface area contributed by atoms with Crippen LogP contribution in [0.2, 0.25) is 0 Å². The standard InChI is InChI=1S/C16H16N4O2/c1-9-5-10(2)7-11(6-9)8-18-15(21)12-3-4-17-14-13(12)19-16(22)20-14/h3-7H,8H2,1-2H3,(H,18,21)(H2,17,19,20,22). The van der Waals surface area contributed by atoms with Gasteiger partial charge in [0.25, 0.3) is 5.91 Å². The van der Waals surface area contributed by atoms with Crippen molar-refractivity contribution < 1.29 is 4.79 Å². The van der Waals surface area contributed by atoms with E-state index in [9.17, 15) is 9.59 Å². The minimum Gasteiger partial charge on any atom is -0.348 e. The predicted octanol–water partition coefficient (Wildman–Crippen LogP) is 1.80. The summed E-state index contributed by atoms with van der Waals surface area (Å²) in [6.45, 7) is 4.48.